The molecule has 4 unspecified atom stereocenters. The van der Waals surface area contributed by atoms with E-state index in [0.717, 1.165) is 135 Å². The van der Waals surface area contributed by atoms with Crippen molar-refractivity contribution in [2.75, 3.05) is 26.2 Å². The first-order chi connectivity index (χ1) is 32.3. The molecule has 67 heavy (non-hydrogen) atoms. The molecule has 0 N–H and O–H groups in total. The zero-order valence-corrected chi connectivity index (χ0v) is 42.1. The summed E-state index contributed by atoms with van der Waals surface area (Å²) in [5, 5.41) is 0. The van der Waals surface area contributed by atoms with Crippen LogP contribution < -0.4 is 0 Å². The van der Waals surface area contributed by atoms with E-state index in [-0.39, 0.29) is 76.8 Å². The fraction of sp³-hybridized carbons (Fsp3) is 0.778. The fourth-order valence-electron chi connectivity index (χ4n) is 10.6. The predicted octanol–water partition coefficient (Wildman–Crippen LogP) is 9.86. The molecule has 4 atom stereocenters. The molecule has 4 saturated heterocycles. The molecular formula is C54H86N4O9. The van der Waals surface area contributed by atoms with Crippen LogP contribution in [0.2, 0.25) is 0 Å². The number of rotatable bonds is 8. The van der Waals surface area contributed by atoms with Crippen LogP contribution in [-0.4, -0.2) is 117 Å². The molecule has 0 aromatic carbocycles. The second-order valence-electron chi connectivity index (χ2n) is 20.3. The highest BCUT2D eigenvalue weighted by molar-refractivity contribution is 6.42. The lowest BCUT2D eigenvalue weighted by Crippen LogP contribution is -2.44. The molecule has 2 saturated carbocycles. The monoisotopic (exact) mass is 935 g/mol. The number of ketones is 4. The van der Waals surface area contributed by atoms with Gasteiger partial charge in [-0.2, -0.15) is 0 Å². The normalized spacial score (nSPS) is 24.5. The number of Topliss-reactive ketones (excluding diaryl/α,β-unsaturated/α-hetero) is 4. The molecule has 4 aliphatic heterocycles. The lowest BCUT2D eigenvalue weighted by atomic mass is 9.94. The molecule has 376 valence electrons. The van der Waals surface area contributed by atoms with Gasteiger partial charge in [0, 0.05) is 68.6 Å². The topological polar surface area (TPSA) is 163 Å². The zero-order valence-electron chi connectivity index (χ0n) is 42.1. The van der Waals surface area contributed by atoms with E-state index >= 15 is 0 Å². The van der Waals surface area contributed by atoms with Gasteiger partial charge >= 0.3 is 0 Å². The molecule has 7 rings (SSSR count). The summed E-state index contributed by atoms with van der Waals surface area (Å²) in [5.41, 5.74) is 0. The molecule has 1 aromatic rings. The number of hydrogen-bond donors (Lipinski definition) is 0. The van der Waals surface area contributed by atoms with E-state index < -0.39 is 11.7 Å². The van der Waals surface area contributed by atoms with E-state index in [0.29, 0.717) is 13.0 Å². The minimum atomic E-state index is -0.538. The van der Waals surface area contributed by atoms with Crippen LogP contribution in [0.25, 0.3) is 0 Å². The van der Waals surface area contributed by atoms with Crippen LogP contribution in [0.15, 0.2) is 22.8 Å². The van der Waals surface area contributed by atoms with Gasteiger partial charge in [-0.05, 0) is 117 Å². The number of likely N-dealkylation sites (tertiary alicyclic amines) is 4. The average molecular weight is 935 g/mol. The van der Waals surface area contributed by atoms with Gasteiger partial charge in [0.05, 0.1) is 6.26 Å². The molecule has 2 aliphatic carbocycles. The van der Waals surface area contributed by atoms with Crippen LogP contribution in [0, 0.1) is 11.8 Å². The summed E-state index contributed by atoms with van der Waals surface area (Å²) in [4.78, 5) is 103. The molecule has 1 aromatic heterocycles. The van der Waals surface area contributed by atoms with E-state index in [1.807, 2.05) is 23.6 Å². The number of nitrogens with zero attached hydrogens (tertiary/aromatic N) is 4. The Bertz CT molecular complexity index is 1730. The van der Waals surface area contributed by atoms with Crippen LogP contribution in [0.3, 0.4) is 0 Å². The van der Waals surface area contributed by atoms with Crippen LogP contribution in [-0.2, 0) is 33.6 Å². The second kappa shape index (κ2) is 29.7. The van der Waals surface area contributed by atoms with Gasteiger partial charge in [0.25, 0.3) is 29.4 Å². The van der Waals surface area contributed by atoms with Crippen molar-refractivity contribution in [1.29, 1.82) is 0 Å². The Kier molecular flexibility index (Phi) is 24.5. The zero-order chi connectivity index (χ0) is 48.7. The molecule has 4 amide bonds. The SMILES string of the molecule is CC1CCCCCN1C(=O)C(=O)C1CCCC1.CC1CCCCCN1C(=O)C(=O)C1CCCCCC1.CC1CCCCCN1C(=O)C(=O)c1ccco1.CCC(=O)C(=O)N1CCCCCC1C. The van der Waals surface area contributed by atoms with Crippen molar-refractivity contribution >= 4 is 46.8 Å². The number of hydrogen-bond acceptors (Lipinski definition) is 9. The number of carbonyl (C=O) groups excluding carboxylic acids is 8. The molecular weight excluding hydrogens is 849 g/mol. The summed E-state index contributed by atoms with van der Waals surface area (Å²) in [7, 11) is 0. The highest BCUT2D eigenvalue weighted by Crippen LogP contribution is 2.28. The molecule has 0 bridgehead atoms. The minimum Gasteiger partial charge on any atom is -0.461 e. The summed E-state index contributed by atoms with van der Waals surface area (Å²) in [5.74, 6) is -1.95. The summed E-state index contributed by atoms with van der Waals surface area (Å²) in [6, 6.07) is 4.01. The van der Waals surface area contributed by atoms with Crippen molar-refractivity contribution in [3.05, 3.63) is 24.2 Å². The highest BCUT2D eigenvalue weighted by Gasteiger charge is 2.35. The Balaban J connectivity index is 0.000000196. The van der Waals surface area contributed by atoms with Crippen LogP contribution in [0.5, 0.6) is 0 Å². The maximum absolute atomic E-state index is 12.4. The molecule has 13 heteroatoms. The van der Waals surface area contributed by atoms with Crippen molar-refractivity contribution < 1.29 is 42.8 Å². The number of furan rings is 1. The van der Waals surface area contributed by atoms with Crippen molar-refractivity contribution in [3.63, 3.8) is 0 Å². The summed E-state index contributed by atoms with van der Waals surface area (Å²) in [6.45, 7) is 12.9. The third-order valence-electron chi connectivity index (χ3n) is 15.1. The van der Waals surface area contributed by atoms with Gasteiger partial charge < -0.3 is 24.0 Å². The lowest BCUT2D eigenvalue weighted by Gasteiger charge is -2.27. The van der Waals surface area contributed by atoms with Gasteiger partial charge in [-0.15, -0.1) is 0 Å². The Labute approximate surface area is 402 Å². The Morgan fingerprint density at radius 1 is 0.433 bits per heavy atom. The van der Waals surface area contributed by atoms with Crippen LogP contribution >= 0.6 is 0 Å². The van der Waals surface area contributed by atoms with Crippen LogP contribution in [0.4, 0.5) is 0 Å². The van der Waals surface area contributed by atoms with E-state index in [4.69, 9.17) is 4.42 Å². The highest BCUT2D eigenvalue weighted by atomic mass is 16.3. The van der Waals surface area contributed by atoms with Crippen LogP contribution in [0.1, 0.15) is 219 Å². The second-order valence-corrected chi connectivity index (χ2v) is 20.3. The Morgan fingerprint density at radius 2 is 0.746 bits per heavy atom. The first-order valence-corrected chi connectivity index (χ1v) is 26.7. The first kappa shape index (κ1) is 55.4. The quantitative estimate of drug-likeness (QED) is 0.140. The fourth-order valence-corrected chi connectivity index (χ4v) is 10.6. The van der Waals surface area contributed by atoms with Gasteiger partial charge in [0.2, 0.25) is 17.3 Å². The molecule has 6 aliphatic rings. The minimum absolute atomic E-state index is 0.00505. The smallest absolute Gasteiger partial charge is 0.298 e. The van der Waals surface area contributed by atoms with Gasteiger partial charge in [-0.3, -0.25) is 38.4 Å². The Morgan fingerprint density at radius 3 is 1.09 bits per heavy atom. The van der Waals surface area contributed by atoms with Gasteiger partial charge in [0.15, 0.2) is 5.76 Å². The van der Waals surface area contributed by atoms with Gasteiger partial charge in [-0.1, -0.05) is 96.8 Å². The van der Waals surface area contributed by atoms with E-state index in [1.165, 1.54) is 63.7 Å². The molecule has 0 radical (unpaired) electrons. The third-order valence-corrected chi connectivity index (χ3v) is 15.1. The van der Waals surface area contributed by atoms with Crippen molar-refractivity contribution in [3.8, 4) is 0 Å². The summed E-state index contributed by atoms with van der Waals surface area (Å²) in [6.07, 6.45) is 29.8. The van der Waals surface area contributed by atoms with Crippen molar-refractivity contribution in [2.45, 2.75) is 232 Å². The van der Waals surface area contributed by atoms with Gasteiger partial charge in [0.1, 0.15) is 0 Å². The predicted molar refractivity (Wildman–Crippen MR) is 260 cm³/mol. The Hall–Kier alpha value is -4.16. The van der Waals surface area contributed by atoms with E-state index in [1.54, 1.807) is 22.8 Å². The maximum Gasteiger partial charge on any atom is 0.298 e. The van der Waals surface area contributed by atoms with Gasteiger partial charge in [-0.25, -0.2) is 0 Å². The number of carbonyl (C=O) groups is 8. The van der Waals surface area contributed by atoms with Crippen molar-refractivity contribution in [1.82, 2.24) is 19.6 Å². The lowest BCUT2D eigenvalue weighted by molar-refractivity contribution is -0.148. The third kappa shape index (κ3) is 17.4. The molecule has 5 heterocycles. The van der Waals surface area contributed by atoms with E-state index in [2.05, 4.69) is 13.8 Å². The maximum atomic E-state index is 12.4. The largest absolute Gasteiger partial charge is 0.461 e. The summed E-state index contributed by atoms with van der Waals surface area (Å²) < 4.78 is 4.98. The molecule has 0 spiro atoms. The average Bonchev–Trinajstić information content (AvgIpc) is 3.72. The van der Waals surface area contributed by atoms with E-state index in [9.17, 15) is 38.4 Å². The van der Waals surface area contributed by atoms with Crippen molar-refractivity contribution in [2.24, 2.45) is 11.8 Å². The molecule has 13 nitrogen and oxygen atoms in total. The summed E-state index contributed by atoms with van der Waals surface area (Å²) >= 11 is 0. The standard InChI is InChI=1S/C16H27NO2.C14H23NO2.C13H17NO3.C11H19NO2/c1-13-9-5-4-8-12-17(13)16(19)15(18)14-10-6-2-3-7-11-14;1-11-7-3-2-6-10-15(11)14(17)13(16)12-8-4-5-9-12;1-10-6-3-2-4-8-14(10)13(16)12(15)11-7-5-9-17-11;1-3-10(13)11(14)12-8-6-4-5-7-9(12)2/h13-14H,2-12H2,1H3;11-12H,2-10H2,1H3;5,7,9-10H,2-4,6,8H2,1H3;9H,3-8H2,1-2H3. The molecule has 6 fully saturated rings. The number of amides is 4. The first-order valence-electron chi connectivity index (χ1n) is 26.7.